The maximum absolute atomic E-state index is 9.79. The highest BCUT2D eigenvalue weighted by Gasteiger charge is 2.06. The summed E-state index contributed by atoms with van der Waals surface area (Å²) in [5, 5.41) is 21.8. The molecule has 0 unspecified atom stereocenters. The molecule has 2 N–H and O–H groups in total. The van der Waals surface area contributed by atoms with Gasteiger partial charge in [0.1, 0.15) is 11.5 Å². The highest BCUT2D eigenvalue weighted by Crippen LogP contribution is 2.28. The van der Waals surface area contributed by atoms with Crippen LogP contribution < -0.4 is 10.1 Å². The first-order chi connectivity index (χ1) is 9.63. The standard InChI is InChI=1S/C15H13BrN2O2/c1-20-15-6-10(8-17)2-4-13(15)18-9-11-7-12(16)3-5-14(11)19/h2-7,18-19H,9H2,1H3. The van der Waals surface area contributed by atoms with Crippen molar-refractivity contribution in [3.8, 4) is 17.6 Å². The van der Waals surface area contributed by atoms with Gasteiger partial charge in [-0.05, 0) is 30.3 Å². The molecular formula is C15H13BrN2O2. The van der Waals surface area contributed by atoms with Gasteiger partial charge in [0, 0.05) is 22.6 Å². The van der Waals surface area contributed by atoms with Gasteiger partial charge < -0.3 is 15.2 Å². The summed E-state index contributed by atoms with van der Waals surface area (Å²) in [4.78, 5) is 0. The number of rotatable bonds is 4. The lowest BCUT2D eigenvalue weighted by Crippen LogP contribution is -2.02. The number of methoxy groups -OCH3 is 1. The summed E-state index contributed by atoms with van der Waals surface area (Å²) in [6.07, 6.45) is 0. The summed E-state index contributed by atoms with van der Waals surface area (Å²) in [5.74, 6) is 0.826. The molecule has 0 aromatic heterocycles. The fourth-order valence-corrected chi connectivity index (χ4v) is 2.20. The van der Waals surface area contributed by atoms with Crippen LogP contribution in [0.3, 0.4) is 0 Å². The monoisotopic (exact) mass is 332 g/mol. The Bertz CT molecular complexity index is 665. The topological polar surface area (TPSA) is 65.3 Å². The van der Waals surface area contributed by atoms with Crippen LogP contribution in [-0.2, 0) is 6.54 Å². The molecule has 4 nitrogen and oxygen atoms in total. The minimum atomic E-state index is 0.230. The zero-order valence-corrected chi connectivity index (χ0v) is 12.4. The van der Waals surface area contributed by atoms with Crippen LogP contribution in [0.25, 0.3) is 0 Å². The van der Waals surface area contributed by atoms with E-state index in [1.165, 1.54) is 0 Å². The van der Waals surface area contributed by atoms with Crippen LogP contribution in [0.5, 0.6) is 11.5 Å². The van der Waals surface area contributed by atoms with Crippen LogP contribution in [0, 0.1) is 11.3 Å². The molecule has 2 aromatic rings. The second kappa shape index (κ2) is 6.31. The van der Waals surface area contributed by atoms with Crippen molar-refractivity contribution in [2.45, 2.75) is 6.54 Å². The number of aromatic hydroxyl groups is 1. The average molecular weight is 333 g/mol. The van der Waals surface area contributed by atoms with E-state index in [-0.39, 0.29) is 5.75 Å². The number of benzene rings is 2. The minimum absolute atomic E-state index is 0.230. The lowest BCUT2D eigenvalue weighted by Gasteiger charge is -2.12. The second-order valence-electron chi connectivity index (χ2n) is 4.15. The molecule has 0 bridgehead atoms. The smallest absolute Gasteiger partial charge is 0.143 e. The van der Waals surface area contributed by atoms with Crippen LogP contribution in [0.15, 0.2) is 40.9 Å². The first-order valence-electron chi connectivity index (χ1n) is 5.93. The SMILES string of the molecule is COc1cc(C#N)ccc1NCc1cc(Br)ccc1O. The van der Waals surface area contributed by atoms with Crippen LogP contribution in [0.4, 0.5) is 5.69 Å². The van der Waals surface area contributed by atoms with Crippen molar-refractivity contribution >= 4 is 21.6 Å². The fourth-order valence-electron chi connectivity index (χ4n) is 1.79. The van der Waals surface area contributed by atoms with Gasteiger partial charge in [0.15, 0.2) is 0 Å². The van der Waals surface area contributed by atoms with Crippen LogP contribution in [-0.4, -0.2) is 12.2 Å². The van der Waals surface area contributed by atoms with E-state index >= 15 is 0 Å². The second-order valence-corrected chi connectivity index (χ2v) is 5.07. The molecule has 0 amide bonds. The molecule has 0 fully saturated rings. The Kier molecular flexibility index (Phi) is 4.49. The van der Waals surface area contributed by atoms with Crippen molar-refractivity contribution in [1.29, 1.82) is 5.26 Å². The molecule has 102 valence electrons. The van der Waals surface area contributed by atoms with Gasteiger partial charge in [0.25, 0.3) is 0 Å². The molecule has 0 spiro atoms. The molecule has 0 heterocycles. The molecule has 0 aliphatic rings. The third-order valence-electron chi connectivity index (χ3n) is 2.84. The molecule has 5 heteroatoms. The molecule has 20 heavy (non-hydrogen) atoms. The zero-order chi connectivity index (χ0) is 14.5. The fraction of sp³-hybridized carbons (Fsp3) is 0.133. The third-order valence-corrected chi connectivity index (χ3v) is 3.33. The van der Waals surface area contributed by atoms with Crippen LogP contribution in [0.2, 0.25) is 0 Å². The molecule has 0 saturated heterocycles. The highest BCUT2D eigenvalue weighted by atomic mass is 79.9. The number of hydrogen-bond donors (Lipinski definition) is 2. The quantitative estimate of drug-likeness (QED) is 0.896. The summed E-state index contributed by atoms with van der Waals surface area (Å²) in [5.41, 5.74) is 2.08. The number of ether oxygens (including phenoxy) is 1. The first-order valence-corrected chi connectivity index (χ1v) is 6.72. The largest absolute Gasteiger partial charge is 0.508 e. The van der Waals surface area contributed by atoms with Crippen molar-refractivity contribution in [1.82, 2.24) is 0 Å². The van der Waals surface area contributed by atoms with E-state index < -0.39 is 0 Å². The first kappa shape index (κ1) is 14.2. The number of halogens is 1. The van der Waals surface area contributed by atoms with E-state index in [1.807, 2.05) is 6.07 Å². The average Bonchev–Trinajstić information content (AvgIpc) is 2.48. The van der Waals surface area contributed by atoms with Crippen molar-refractivity contribution in [3.63, 3.8) is 0 Å². The van der Waals surface area contributed by atoms with Gasteiger partial charge in [-0.1, -0.05) is 15.9 Å². The van der Waals surface area contributed by atoms with Gasteiger partial charge >= 0.3 is 0 Å². The molecule has 0 radical (unpaired) electrons. The maximum Gasteiger partial charge on any atom is 0.143 e. The summed E-state index contributed by atoms with van der Waals surface area (Å²) < 4.78 is 6.15. The Morgan fingerprint density at radius 1 is 1.30 bits per heavy atom. The van der Waals surface area contributed by atoms with E-state index in [0.29, 0.717) is 17.9 Å². The molecule has 0 aliphatic heterocycles. The van der Waals surface area contributed by atoms with Gasteiger partial charge in [-0.2, -0.15) is 5.26 Å². The van der Waals surface area contributed by atoms with Gasteiger partial charge in [-0.25, -0.2) is 0 Å². The summed E-state index contributed by atoms with van der Waals surface area (Å²) in [6, 6.07) is 12.5. The van der Waals surface area contributed by atoms with Gasteiger partial charge in [-0.3, -0.25) is 0 Å². The van der Waals surface area contributed by atoms with Crippen molar-refractivity contribution in [2.75, 3.05) is 12.4 Å². The Balaban J connectivity index is 2.19. The molecule has 2 aromatic carbocycles. The number of anilines is 1. The van der Waals surface area contributed by atoms with E-state index in [1.54, 1.807) is 37.4 Å². The summed E-state index contributed by atoms with van der Waals surface area (Å²) >= 11 is 3.37. The van der Waals surface area contributed by atoms with E-state index in [0.717, 1.165) is 15.7 Å². The van der Waals surface area contributed by atoms with Crippen molar-refractivity contribution < 1.29 is 9.84 Å². The van der Waals surface area contributed by atoms with Crippen LogP contribution in [0.1, 0.15) is 11.1 Å². The third kappa shape index (κ3) is 3.22. The molecule has 0 saturated carbocycles. The normalized spacial score (nSPS) is 9.85. The molecule has 0 atom stereocenters. The lowest BCUT2D eigenvalue weighted by molar-refractivity contribution is 0.416. The van der Waals surface area contributed by atoms with Gasteiger partial charge in [-0.15, -0.1) is 0 Å². The number of nitrogens with one attached hydrogen (secondary N) is 1. The van der Waals surface area contributed by atoms with Crippen molar-refractivity contribution in [3.05, 3.63) is 52.0 Å². The Morgan fingerprint density at radius 3 is 2.80 bits per heavy atom. The number of phenolic OH excluding ortho intramolecular Hbond substituents is 1. The van der Waals surface area contributed by atoms with E-state index in [9.17, 15) is 5.11 Å². The van der Waals surface area contributed by atoms with Gasteiger partial charge in [0.05, 0.1) is 24.4 Å². The predicted molar refractivity (Wildman–Crippen MR) is 80.8 cm³/mol. The minimum Gasteiger partial charge on any atom is -0.508 e. The van der Waals surface area contributed by atoms with Crippen molar-refractivity contribution in [2.24, 2.45) is 0 Å². The predicted octanol–water partition coefficient (Wildman–Crippen LogP) is 3.65. The molecule has 2 rings (SSSR count). The number of hydrogen-bond acceptors (Lipinski definition) is 4. The summed E-state index contributed by atoms with van der Waals surface area (Å²) in [7, 11) is 1.55. The van der Waals surface area contributed by atoms with Crippen LogP contribution >= 0.6 is 15.9 Å². The Labute approximate surface area is 125 Å². The number of nitrogens with zero attached hydrogens (tertiary/aromatic N) is 1. The molecular weight excluding hydrogens is 320 g/mol. The molecule has 0 aliphatic carbocycles. The zero-order valence-electron chi connectivity index (χ0n) is 10.9. The van der Waals surface area contributed by atoms with E-state index in [4.69, 9.17) is 10.00 Å². The maximum atomic E-state index is 9.79. The van der Waals surface area contributed by atoms with E-state index in [2.05, 4.69) is 27.3 Å². The lowest BCUT2D eigenvalue weighted by atomic mass is 10.1. The number of nitriles is 1. The highest BCUT2D eigenvalue weighted by molar-refractivity contribution is 9.10. The van der Waals surface area contributed by atoms with Gasteiger partial charge in [0.2, 0.25) is 0 Å². The summed E-state index contributed by atoms with van der Waals surface area (Å²) in [6.45, 7) is 0.452. The number of phenols is 1. The Hall–Kier alpha value is -2.19. The Morgan fingerprint density at radius 2 is 2.10 bits per heavy atom.